The van der Waals surface area contributed by atoms with Crippen molar-refractivity contribution in [3.05, 3.63) is 30.3 Å². The normalized spacial score (nSPS) is 39.8. The van der Waals surface area contributed by atoms with Gasteiger partial charge in [-0.15, -0.1) is 0 Å². The number of ether oxygens (including phenoxy) is 1. The van der Waals surface area contributed by atoms with E-state index in [1.807, 2.05) is 30.3 Å². The summed E-state index contributed by atoms with van der Waals surface area (Å²) >= 11 is 5.58. The number of fused-ring (bicyclic) bond motifs is 5. The van der Waals surface area contributed by atoms with Crippen LogP contribution in [-0.4, -0.2) is 11.3 Å². The third kappa shape index (κ3) is 5.50. The van der Waals surface area contributed by atoms with Gasteiger partial charge in [0, 0.05) is 5.69 Å². The van der Waals surface area contributed by atoms with Gasteiger partial charge in [-0.3, -0.25) is 0 Å². The lowest BCUT2D eigenvalue weighted by atomic mass is 9.44. The van der Waals surface area contributed by atoms with E-state index >= 15 is 0 Å². The maximum absolute atomic E-state index is 6.32. The molecule has 2 nitrogen and oxygen atoms in total. The van der Waals surface area contributed by atoms with E-state index in [-0.39, 0.29) is 6.10 Å². The van der Waals surface area contributed by atoms with Crippen molar-refractivity contribution in [2.45, 2.75) is 118 Å². The van der Waals surface area contributed by atoms with E-state index in [0.29, 0.717) is 16.0 Å². The van der Waals surface area contributed by atoms with Crippen molar-refractivity contribution in [1.82, 2.24) is 0 Å². The van der Waals surface area contributed by atoms with Gasteiger partial charge < -0.3 is 10.1 Å². The van der Waals surface area contributed by atoms with Gasteiger partial charge in [0.1, 0.15) is 6.10 Å². The Bertz CT molecular complexity index is 916. The van der Waals surface area contributed by atoms with E-state index in [9.17, 15) is 0 Å². The van der Waals surface area contributed by atoms with Crippen LogP contribution in [0.2, 0.25) is 0 Å². The Kier molecular flexibility index (Phi) is 8.31. The molecule has 0 radical (unpaired) electrons. The maximum Gasteiger partial charge on any atom is 0.261 e. The Labute approximate surface area is 233 Å². The van der Waals surface area contributed by atoms with Crippen molar-refractivity contribution in [2.24, 2.45) is 52.3 Å². The number of thiocarbonyl (C=S) groups is 1. The van der Waals surface area contributed by atoms with Crippen LogP contribution in [-0.2, 0) is 4.74 Å². The molecule has 0 spiro atoms. The number of nitrogens with one attached hydrogen (secondary N) is 1. The first-order chi connectivity index (χ1) is 17.7. The van der Waals surface area contributed by atoms with Crippen molar-refractivity contribution in [2.75, 3.05) is 5.32 Å². The fourth-order valence-corrected chi connectivity index (χ4v) is 10.4. The van der Waals surface area contributed by atoms with Crippen LogP contribution in [0.4, 0.5) is 5.69 Å². The lowest BCUT2D eigenvalue weighted by molar-refractivity contribution is -0.127. The Morgan fingerprint density at radius 1 is 0.919 bits per heavy atom. The molecule has 1 aromatic carbocycles. The summed E-state index contributed by atoms with van der Waals surface area (Å²) in [6.45, 7) is 12.8. The number of hydrogen-bond donors (Lipinski definition) is 1. The van der Waals surface area contributed by atoms with Gasteiger partial charge in [-0.25, -0.2) is 0 Å². The Balaban J connectivity index is 1.19. The minimum Gasteiger partial charge on any atom is -0.468 e. The highest BCUT2D eigenvalue weighted by Crippen LogP contribution is 2.68. The highest BCUT2D eigenvalue weighted by molar-refractivity contribution is 7.80. The topological polar surface area (TPSA) is 21.3 Å². The Morgan fingerprint density at radius 3 is 2.41 bits per heavy atom. The molecule has 0 heterocycles. The summed E-state index contributed by atoms with van der Waals surface area (Å²) in [5, 5.41) is 3.83. The standard InChI is InChI=1S/C34H53NOS/c1-23(2)10-9-11-24(3)29-16-17-30-28-15-14-25-22-27(36-32(37)35-26-12-7-6-8-13-26)18-20-33(25,4)31(28)19-21-34(29,30)5/h6-8,12-13,23-25,27-31H,9-11,14-22H2,1-5H3,(H,35,37)/t24-,25+,27+,28+,29-,30+,31+,33+,34-/m1/s1. The fourth-order valence-electron chi connectivity index (χ4n) is 10.2. The van der Waals surface area contributed by atoms with Gasteiger partial charge >= 0.3 is 0 Å². The van der Waals surface area contributed by atoms with Gasteiger partial charge in [0.05, 0.1) is 0 Å². The van der Waals surface area contributed by atoms with Crippen LogP contribution >= 0.6 is 12.2 Å². The van der Waals surface area contributed by atoms with Crippen molar-refractivity contribution in [3.8, 4) is 0 Å². The highest BCUT2D eigenvalue weighted by atomic mass is 32.1. The average Bonchev–Trinajstić information content (AvgIpc) is 3.22. The second-order valence-electron chi connectivity index (χ2n) is 14.5. The molecule has 3 heteroatoms. The van der Waals surface area contributed by atoms with Gasteiger partial charge in [-0.1, -0.05) is 72.1 Å². The molecule has 4 aliphatic rings. The third-order valence-corrected chi connectivity index (χ3v) is 12.3. The van der Waals surface area contributed by atoms with Gasteiger partial charge in [-0.2, -0.15) is 0 Å². The second-order valence-corrected chi connectivity index (χ2v) is 14.9. The Hall–Kier alpha value is -1.09. The zero-order valence-corrected chi connectivity index (χ0v) is 25.1. The molecule has 37 heavy (non-hydrogen) atoms. The summed E-state index contributed by atoms with van der Waals surface area (Å²) in [5.74, 6) is 6.36. The predicted molar refractivity (Wildman–Crippen MR) is 161 cm³/mol. The van der Waals surface area contributed by atoms with Crippen LogP contribution in [0.3, 0.4) is 0 Å². The molecule has 0 aliphatic heterocycles. The molecule has 1 aromatic rings. The van der Waals surface area contributed by atoms with E-state index in [1.54, 1.807) is 0 Å². The zero-order chi connectivity index (χ0) is 26.2. The van der Waals surface area contributed by atoms with E-state index < -0.39 is 0 Å². The quantitative estimate of drug-likeness (QED) is 0.359. The van der Waals surface area contributed by atoms with Gasteiger partial charge in [0.25, 0.3) is 5.17 Å². The van der Waals surface area contributed by atoms with E-state index in [4.69, 9.17) is 17.0 Å². The number of hydrogen-bond acceptors (Lipinski definition) is 2. The molecule has 0 unspecified atom stereocenters. The number of benzene rings is 1. The molecule has 0 amide bonds. The number of rotatable bonds is 7. The van der Waals surface area contributed by atoms with Crippen LogP contribution in [0.1, 0.15) is 112 Å². The van der Waals surface area contributed by atoms with Crippen molar-refractivity contribution in [3.63, 3.8) is 0 Å². The lowest BCUT2D eigenvalue weighted by Crippen LogP contribution is -2.54. The molecule has 0 bridgehead atoms. The minimum absolute atomic E-state index is 0.273. The van der Waals surface area contributed by atoms with E-state index in [0.717, 1.165) is 53.5 Å². The van der Waals surface area contributed by atoms with Crippen molar-refractivity contribution in [1.29, 1.82) is 0 Å². The molecular weight excluding hydrogens is 470 g/mol. The first-order valence-corrected chi connectivity index (χ1v) is 16.1. The molecule has 0 saturated heterocycles. The SMILES string of the molecule is CC(C)CCC[C@@H](C)[C@H]1CC[C@H]2[C@@H]3CC[C@H]4C[C@@H](OC(=S)Nc5ccccc5)CC[C@]4(C)[C@H]3CC[C@]12C. The predicted octanol–water partition coefficient (Wildman–Crippen LogP) is 9.89. The summed E-state index contributed by atoms with van der Waals surface area (Å²) in [6.07, 6.45) is 17.0. The van der Waals surface area contributed by atoms with E-state index in [1.165, 1.54) is 70.6 Å². The first-order valence-electron chi connectivity index (χ1n) is 15.7. The molecule has 0 aromatic heterocycles. The van der Waals surface area contributed by atoms with Gasteiger partial charge in [-0.05, 0) is 134 Å². The molecule has 9 atom stereocenters. The lowest BCUT2D eigenvalue weighted by Gasteiger charge is -2.61. The molecule has 5 rings (SSSR count). The van der Waals surface area contributed by atoms with Crippen LogP contribution in [0.25, 0.3) is 0 Å². The number of anilines is 1. The van der Waals surface area contributed by atoms with Gasteiger partial charge in [0.2, 0.25) is 0 Å². The summed E-state index contributed by atoms with van der Waals surface area (Å²) < 4.78 is 6.32. The molecular formula is C34H53NOS. The number of para-hydroxylation sites is 1. The van der Waals surface area contributed by atoms with Gasteiger partial charge in [0.15, 0.2) is 0 Å². The maximum atomic E-state index is 6.32. The van der Waals surface area contributed by atoms with Crippen LogP contribution in [0, 0.1) is 52.3 Å². The third-order valence-electron chi connectivity index (χ3n) is 12.1. The van der Waals surface area contributed by atoms with Crippen LogP contribution in [0.15, 0.2) is 30.3 Å². The second kappa shape index (κ2) is 11.2. The van der Waals surface area contributed by atoms with Crippen LogP contribution < -0.4 is 5.32 Å². The molecule has 4 aliphatic carbocycles. The molecule has 206 valence electrons. The molecule has 1 N–H and O–H groups in total. The van der Waals surface area contributed by atoms with Crippen LogP contribution in [0.5, 0.6) is 0 Å². The summed E-state index contributed by atoms with van der Waals surface area (Å²) in [7, 11) is 0. The summed E-state index contributed by atoms with van der Waals surface area (Å²) in [5.41, 5.74) is 2.11. The minimum atomic E-state index is 0.273. The Morgan fingerprint density at radius 2 is 1.65 bits per heavy atom. The smallest absolute Gasteiger partial charge is 0.261 e. The summed E-state index contributed by atoms with van der Waals surface area (Å²) in [6, 6.07) is 10.2. The summed E-state index contributed by atoms with van der Waals surface area (Å²) in [4.78, 5) is 0. The highest BCUT2D eigenvalue weighted by Gasteiger charge is 2.60. The largest absolute Gasteiger partial charge is 0.468 e. The average molecular weight is 524 g/mol. The first kappa shape index (κ1) is 27.5. The van der Waals surface area contributed by atoms with E-state index in [2.05, 4.69) is 39.9 Å². The molecule has 4 fully saturated rings. The van der Waals surface area contributed by atoms with Crippen molar-refractivity contribution < 1.29 is 4.74 Å². The molecule has 4 saturated carbocycles. The zero-order valence-electron chi connectivity index (χ0n) is 24.3. The fraction of sp³-hybridized carbons (Fsp3) is 0.794. The van der Waals surface area contributed by atoms with Crippen molar-refractivity contribution >= 4 is 23.1 Å². The monoisotopic (exact) mass is 523 g/mol.